The third kappa shape index (κ3) is 1.63. The molecule has 2 nitrogen and oxygen atoms in total. The Labute approximate surface area is 66.9 Å². The zero-order valence-electron chi connectivity index (χ0n) is 6.64. The minimum Gasteiger partial charge on any atom is -0.412 e. The molecule has 1 aromatic heterocycles. The molecule has 0 radical (unpaired) electrons. The molecule has 0 saturated heterocycles. The highest BCUT2D eigenvalue weighted by Crippen LogP contribution is 2.32. The van der Waals surface area contributed by atoms with Gasteiger partial charge in [-0.25, -0.2) is 0 Å². The molecule has 0 atom stereocenters. The van der Waals surface area contributed by atoms with E-state index in [4.69, 9.17) is 0 Å². The van der Waals surface area contributed by atoms with Crippen molar-refractivity contribution in [3.05, 3.63) is 24.0 Å². The Balaban J connectivity index is 0.000000605. The normalized spacial score (nSPS) is 18.2. The second-order valence-corrected chi connectivity index (χ2v) is 3.11. The highest BCUT2D eigenvalue weighted by molar-refractivity contribution is 5.10. The lowest BCUT2D eigenvalue weighted by molar-refractivity contribution is 0.703. The van der Waals surface area contributed by atoms with E-state index in [1.165, 1.54) is 31.4 Å². The Morgan fingerprint density at radius 1 is 1.27 bits per heavy atom. The summed E-state index contributed by atoms with van der Waals surface area (Å²) >= 11 is 0. The maximum Gasteiger partial charge on any atom is 0.0178 e. The molecular weight excluding hydrogens is 138 g/mol. The Kier molecular flexibility index (Phi) is 2.71. The lowest BCUT2D eigenvalue weighted by atomic mass is 10.1. The average Bonchev–Trinajstić information content (AvgIpc) is 2.59. The van der Waals surface area contributed by atoms with E-state index in [9.17, 15) is 0 Å². The molecular formula is C9H15NO. The van der Waals surface area contributed by atoms with Gasteiger partial charge in [-0.05, 0) is 30.9 Å². The first-order valence-corrected chi connectivity index (χ1v) is 4.10. The van der Waals surface area contributed by atoms with Gasteiger partial charge in [-0.3, -0.25) is 0 Å². The molecule has 3 N–H and O–H groups in total. The van der Waals surface area contributed by atoms with Crippen molar-refractivity contribution in [1.29, 1.82) is 0 Å². The topological polar surface area (TPSA) is 47.3 Å². The standard InChI is InChI=1S/C9H13N.H2O/c1-2-5-8(4-1)9-6-3-7-10-9;/h3,6-8,10H,1-2,4-5H2;1H2. The Morgan fingerprint density at radius 2 is 2.00 bits per heavy atom. The molecule has 0 unspecified atom stereocenters. The van der Waals surface area contributed by atoms with Gasteiger partial charge in [0.2, 0.25) is 0 Å². The van der Waals surface area contributed by atoms with Crippen LogP contribution in [-0.4, -0.2) is 10.5 Å². The van der Waals surface area contributed by atoms with Gasteiger partial charge in [-0.2, -0.15) is 0 Å². The van der Waals surface area contributed by atoms with E-state index < -0.39 is 0 Å². The van der Waals surface area contributed by atoms with Gasteiger partial charge in [0.15, 0.2) is 0 Å². The van der Waals surface area contributed by atoms with Crippen molar-refractivity contribution < 1.29 is 5.48 Å². The van der Waals surface area contributed by atoms with Gasteiger partial charge in [0, 0.05) is 11.9 Å². The molecule has 0 aliphatic heterocycles. The predicted molar refractivity (Wildman–Crippen MR) is 45.6 cm³/mol. The second-order valence-electron chi connectivity index (χ2n) is 3.11. The average molecular weight is 153 g/mol. The molecule has 1 aliphatic carbocycles. The summed E-state index contributed by atoms with van der Waals surface area (Å²) < 4.78 is 0. The van der Waals surface area contributed by atoms with Crippen molar-refractivity contribution in [2.45, 2.75) is 31.6 Å². The van der Waals surface area contributed by atoms with Crippen molar-refractivity contribution >= 4 is 0 Å². The van der Waals surface area contributed by atoms with E-state index in [1.54, 1.807) is 0 Å². The van der Waals surface area contributed by atoms with Crippen LogP contribution in [0.3, 0.4) is 0 Å². The summed E-state index contributed by atoms with van der Waals surface area (Å²) in [4.78, 5) is 3.28. The van der Waals surface area contributed by atoms with Gasteiger partial charge in [-0.1, -0.05) is 12.8 Å². The van der Waals surface area contributed by atoms with Crippen molar-refractivity contribution in [1.82, 2.24) is 4.98 Å². The van der Waals surface area contributed by atoms with E-state index in [0.717, 1.165) is 5.92 Å². The molecule has 11 heavy (non-hydrogen) atoms. The molecule has 2 rings (SSSR count). The van der Waals surface area contributed by atoms with Crippen LogP contribution in [0.4, 0.5) is 0 Å². The van der Waals surface area contributed by atoms with E-state index in [2.05, 4.69) is 17.1 Å². The van der Waals surface area contributed by atoms with Gasteiger partial charge >= 0.3 is 0 Å². The fourth-order valence-corrected chi connectivity index (χ4v) is 1.83. The van der Waals surface area contributed by atoms with Crippen molar-refractivity contribution in [2.75, 3.05) is 0 Å². The van der Waals surface area contributed by atoms with Gasteiger partial charge in [-0.15, -0.1) is 0 Å². The number of nitrogens with one attached hydrogen (secondary N) is 1. The SMILES string of the molecule is O.c1c[nH]c(C2CCCC2)c1. The highest BCUT2D eigenvalue weighted by Gasteiger charge is 2.16. The molecule has 0 spiro atoms. The quantitative estimate of drug-likeness (QED) is 0.640. The molecule has 0 bridgehead atoms. The smallest absolute Gasteiger partial charge is 0.0178 e. The monoisotopic (exact) mass is 153 g/mol. The van der Waals surface area contributed by atoms with E-state index >= 15 is 0 Å². The minimum absolute atomic E-state index is 0. The largest absolute Gasteiger partial charge is 0.412 e. The van der Waals surface area contributed by atoms with Gasteiger partial charge < -0.3 is 10.5 Å². The highest BCUT2D eigenvalue weighted by atomic mass is 16.0. The van der Waals surface area contributed by atoms with Crippen molar-refractivity contribution in [3.8, 4) is 0 Å². The van der Waals surface area contributed by atoms with Crippen LogP contribution in [0.2, 0.25) is 0 Å². The lowest BCUT2D eigenvalue weighted by Gasteiger charge is -2.03. The summed E-state index contributed by atoms with van der Waals surface area (Å²) in [6, 6.07) is 4.30. The van der Waals surface area contributed by atoms with Gasteiger partial charge in [0.25, 0.3) is 0 Å². The van der Waals surface area contributed by atoms with E-state index in [0.29, 0.717) is 0 Å². The molecule has 62 valence electrons. The lowest BCUT2D eigenvalue weighted by Crippen LogP contribution is -1.90. The van der Waals surface area contributed by atoms with Crippen LogP contribution in [0.15, 0.2) is 18.3 Å². The maximum absolute atomic E-state index is 3.28. The summed E-state index contributed by atoms with van der Waals surface area (Å²) in [5.41, 5.74) is 1.44. The second kappa shape index (κ2) is 3.58. The number of hydrogen-bond donors (Lipinski definition) is 1. The zero-order valence-corrected chi connectivity index (χ0v) is 6.64. The molecule has 2 heteroatoms. The molecule has 1 aromatic rings. The van der Waals surface area contributed by atoms with Crippen LogP contribution >= 0.6 is 0 Å². The van der Waals surface area contributed by atoms with Crippen molar-refractivity contribution in [2.24, 2.45) is 0 Å². The summed E-state index contributed by atoms with van der Waals surface area (Å²) in [6.45, 7) is 0. The number of hydrogen-bond acceptors (Lipinski definition) is 0. The Bertz CT molecular complexity index is 187. The first kappa shape index (κ1) is 8.34. The minimum atomic E-state index is 0. The Morgan fingerprint density at radius 3 is 2.55 bits per heavy atom. The molecule has 0 aromatic carbocycles. The molecule has 1 aliphatic rings. The summed E-state index contributed by atoms with van der Waals surface area (Å²) in [6.07, 6.45) is 7.64. The van der Waals surface area contributed by atoms with E-state index in [-0.39, 0.29) is 5.48 Å². The number of aromatic amines is 1. The third-order valence-electron chi connectivity index (χ3n) is 2.42. The van der Waals surface area contributed by atoms with Gasteiger partial charge in [0.05, 0.1) is 0 Å². The van der Waals surface area contributed by atoms with Crippen LogP contribution < -0.4 is 0 Å². The number of aromatic nitrogens is 1. The Hall–Kier alpha value is -0.760. The van der Waals surface area contributed by atoms with Crippen LogP contribution in [0.1, 0.15) is 37.3 Å². The van der Waals surface area contributed by atoms with Crippen molar-refractivity contribution in [3.63, 3.8) is 0 Å². The van der Waals surface area contributed by atoms with Crippen LogP contribution in [-0.2, 0) is 0 Å². The van der Waals surface area contributed by atoms with E-state index in [1.807, 2.05) is 6.20 Å². The van der Waals surface area contributed by atoms with Crippen LogP contribution in [0, 0.1) is 0 Å². The summed E-state index contributed by atoms with van der Waals surface area (Å²) in [5.74, 6) is 0.843. The first-order chi connectivity index (χ1) is 4.97. The van der Waals surface area contributed by atoms with Crippen LogP contribution in [0.25, 0.3) is 0 Å². The fraction of sp³-hybridized carbons (Fsp3) is 0.556. The summed E-state index contributed by atoms with van der Waals surface area (Å²) in [5, 5.41) is 0. The van der Waals surface area contributed by atoms with Crippen LogP contribution in [0.5, 0.6) is 0 Å². The predicted octanol–water partition coefficient (Wildman–Crippen LogP) is 1.85. The summed E-state index contributed by atoms with van der Waals surface area (Å²) in [7, 11) is 0. The fourth-order valence-electron chi connectivity index (χ4n) is 1.83. The zero-order chi connectivity index (χ0) is 6.81. The first-order valence-electron chi connectivity index (χ1n) is 4.10. The third-order valence-corrected chi connectivity index (χ3v) is 2.42. The molecule has 1 saturated carbocycles. The molecule has 1 heterocycles. The number of H-pyrrole nitrogens is 1. The van der Waals surface area contributed by atoms with Gasteiger partial charge in [0.1, 0.15) is 0 Å². The molecule has 0 amide bonds. The molecule has 1 fully saturated rings. The number of rotatable bonds is 1. The maximum atomic E-state index is 3.28.